The zero-order chi connectivity index (χ0) is 10.2. The maximum Gasteiger partial charge on any atom is 0.339 e. The van der Waals surface area contributed by atoms with Crippen LogP contribution >= 0.6 is 0 Å². The van der Waals surface area contributed by atoms with Gasteiger partial charge in [0, 0.05) is 5.57 Å². The largest absolute Gasteiger partial charge is 0.451 e. The number of esters is 1. The van der Waals surface area contributed by atoms with Gasteiger partial charge in [0.15, 0.2) is 0 Å². The van der Waals surface area contributed by atoms with E-state index in [9.17, 15) is 4.79 Å². The Labute approximate surface area is 78.6 Å². The summed E-state index contributed by atoms with van der Waals surface area (Å²) in [6.45, 7) is 13.0. The van der Waals surface area contributed by atoms with Gasteiger partial charge in [-0.15, -0.1) is 0 Å². The molecule has 1 saturated heterocycles. The van der Waals surface area contributed by atoms with Crippen LogP contribution in [0.5, 0.6) is 0 Å². The molecule has 1 aliphatic rings. The Kier molecular flexibility index (Phi) is 2.16. The maximum absolute atomic E-state index is 11.3. The topological polar surface area (TPSA) is 26.3 Å². The van der Waals surface area contributed by atoms with Gasteiger partial charge in [0.25, 0.3) is 0 Å². The summed E-state index contributed by atoms with van der Waals surface area (Å²) in [4.78, 5) is 11.3. The molecule has 13 heavy (non-hydrogen) atoms. The first-order valence-electron chi connectivity index (χ1n) is 4.15. The molecular formula is C11H14O2. The predicted molar refractivity (Wildman–Crippen MR) is 52.2 cm³/mol. The molecule has 1 rings (SSSR count). The fourth-order valence-corrected chi connectivity index (χ4v) is 1.19. The molecule has 0 bridgehead atoms. The van der Waals surface area contributed by atoms with Crippen LogP contribution in [0, 0.1) is 0 Å². The molecule has 0 aromatic heterocycles. The van der Waals surface area contributed by atoms with Crippen LogP contribution in [-0.2, 0) is 9.53 Å². The number of hydrogen-bond acceptors (Lipinski definition) is 2. The highest BCUT2D eigenvalue weighted by Gasteiger charge is 2.39. The number of rotatable bonds is 1. The number of cyclic esters (lactones) is 1. The number of ether oxygens (including phenoxy) is 1. The van der Waals surface area contributed by atoms with Crippen molar-refractivity contribution in [2.24, 2.45) is 0 Å². The molecule has 70 valence electrons. The molecule has 0 aliphatic carbocycles. The lowest BCUT2D eigenvalue weighted by atomic mass is 9.95. The first kappa shape index (κ1) is 9.78. The van der Waals surface area contributed by atoms with Gasteiger partial charge >= 0.3 is 5.97 Å². The first-order chi connectivity index (χ1) is 5.84. The molecule has 2 heteroatoms. The van der Waals surface area contributed by atoms with Crippen LogP contribution in [0.2, 0.25) is 0 Å². The Morgan fingerprint density at radius 2 is 2.08 bits per heavy atom. The second kappa shape index (κ2) is 2.87. The van der Waals surface area contributed by atoms with Gasteiger partial charge in [0.05, 0.1) is 5.57 Å². The molecule has 1 heterocycles. The summed E-state index contributed by atoms with van der Waals surface area (Å²) in [5.74, 6) is -0.307. The van der Waals surface area contributed by atoms with Crippen LogP contribution in [0.1, 0.15) is 20.8 Å². The molecule has 1 aliphatic heterocycles. The fourth-order valence-electron chi connectivity index (χ4n) is 1.19. The monoisotopic (exact) mass is 178 g/mol. The van der Waals surface area contributed by atoms with Crippen molar-refractivity contribution in [2.45, 2.75) is 26.4 Å². The Bertz CT molecular complexity index is 319. The minimum Gasteiger partial charge on any atom is -0.451 e. The summed E-state index contributed by atoms with van der Waals surface area (Å²) in [6.07, 6.45) is 1.71. The highest BCUT2D eigenvalue weighted by molar-refractivity contribution is 5.98. The molecule has 0 saturated carbocycles. The van der Waals surface area contributed by atoms with Gasteiger partial charge in [-0.2, -0.15) is 0 Å². The lowest BCUT2D eigenvalue weighted by molar-refractivity contribution is -0.142. The molecule has 1 fully saturated rings. The van der Waals surface area contributed by atoms with Crippen LogP contribution in [0.3, 0.4) is 0 Å². The standard InChI is InChI=1S/C11H14O2/c1-7(2)6-9-8(3)11(4,5)13-10(9)12/h6H,1,3H2,2,4-5H3/b9-6+. The fraction of sp³-hybridized carbons (Fsp3) is 0.364. The second-order valence-corrected chi connectivity index (χ2v) is 3.78. The van der Waals surface area contributed by atoms with E-state index in [1.807, 2.05) is 20.8 Å². The van der Waals surface area contributed by atoms with Crippen molar-refractivity contribution in [3.63, 3.8) is 0 Å². The molecule has 0 spiro atoms. The normalized spacial score (nSPS) is 23.5. The summed E-state index contributed by atoms with van der Waals surface area (Å²) in [5.41, 5.74) is 1.52. The highest BCUT2D eigenvalue weighted by Crippen LogP contribution is 2.34. The molecule has 0 atom stereocenters. The maximum atomic E-state index is 11.3. The van der Waals surface area contributed by atoms with Gasteiger partial charge in [0.1, 0.15) is 5.60 Å². The van der Waals surface area contributed by atoms with Crippen molar-refractivity contribution in [1.29, 1.82) is 0 Å². The molecule has 0 aromatic rings. The SMILES string of the molecule is C=C(C)/C=C1\C(=C)C(C)(C)OC1=O. The predicted octanol–water partition coefficient (Wildman–Crippen LogP) is 2.38. The molecule has 0 aromatic carbocycles. The van der Waals surface area contributed by atoms with Crippen molar-refractivity contribution in [3.05, 3.63) is 36.0 Å². The van der Waals surface area contributed by atoms with Crippen molar-refractivity contribution in [3.8, 4) is 0 Å². The Morgan fingerprint density at radius 3 is 2.38 bits per heavy atom. The molecule has 2 nitrogen and oxygen atoms in total. The number of hydrogen-bond donors (Lipinski definition) is 0. The average molecular weight is 178 g/mol. The molecule has 0 N–H and O–H groups in total. The van der Waals surface area contributed by atoms with E-state index < -0.39 is 5.60 Å². The van der Waals surface area contributed by atoms with E-state index in [0.717, 1.165) is 11.1 Å². The third-order valence-electron chi connectivity index (χ3n) is 2.01. The van der Waals surface area contributed by atoms with E-state index in [0.29, 0.717) is 5.57 Å². The van der Waals surface area contributed by atoms with Crippen LogP contribution in [-0.4, -0.2) is 11.6 Å². The van der Waals surface area contributed by atoms with Crippen LogP contribution in [0.15, 0.2) is 36.0 Å². The van der Waals surface area contributed by atoms with Crippen molar-refractivity contribution in [1.82, 2.24) is 0 Å². The van der Waals surface area contributed by atoms with Crippen LogP contribution in [0.25, 0.3) is 0 Å². The van der Waals surface area contributed by atoms with Crippen LogP contribution in [0.4, 0.5) is 0 Å². The van der Waals surface area contributed by atoms with Crippen molar-refractivity contribution >= 4 is 5.97 Å². The third-order valence-corrected chi connectivity index (χ3v) is 2.01. The zero-order valence-electron chi connectivity index (χ0n) is 8.31. The Balaban J connectivity index is 3.10. The Morgan fingerprint density at radius 1 is 1.54 bits per heavy atom. The van der Waals surface area contributed by atoms with Gasteiger partial charge in [-0.1, -0.05) is 18.7 Å². The third kappa shape index (κ3) is 1.72. The van der Waals surface area contributed by atoms with Gasteiger partial charge in [-0.05, 0) is 26.8 Å². The average Bonchev–Trinajstić information content (AvgIpc) is 2.12. The molecule has 0 unspecified atom stereocenters. The molecule has 0 radical (unpaired) electrons. The summed E-state index contributed by atoms with van der Waals surface area (Å²) in [6, 6.07) is 0. The van der Waals surface area contributed by atoms with E-state index in [1.54, 1.807) is 6.08 Å². The van der Waals surface area contributed by atoms with Gasteiger partial charge in [-0.25, -0.2) is 4.79 Å². The van der Waals surface area contributed by atoms with E-state index >= 15 is 0 Å². The second-order valence-electron chi connectivity index (χ2n) is 3.78. The quantitative estimate of drug-likeness (QED) is 0.455. The number of carbonyl (C=O) groups excluding carboxylic acids is 1. The minimum atomic E-state index is -0.571. The summed E-state index contributed by atoms with van der Waals surface area (Å²) < 4.78 is 5.13. The lowest BCUT2D eigenvalue weighted by Gasteiger charge is -2.16. The Hall–Kier alpha value is -1.31. The van der Waals surface area contributed by atoms with Crippen LogP contribution < -0.4 is 0 Å². The number of allylic oxidation sites excluding steroid dienone is 2. The van der Waals surface area contributed by atoms with Gasteiger partial charge in [0.2, 0.25) is 0 Å². The van der Waals surface area contributed by atoms with Gasteiger partial charge in [-0.3, -0.25) is 0 Å². The van der Waals surface area contributed by atoms with E-state index in [4.69, 9.17) is 4.74 Å². The molecular weight excluding hydrogens is 164 g/mol. The summed E-state index contributed by atoms with van der Waals surface area (Å²) in [7, 11) is 0. The van der Waals surface area contributed by atoms with E-state index in [2.05, 4.69) is 13.2 Å². The first-order valence-corrected chi connectivity index (χ1v) is 4.15. The van der Waals surface area contributed by atoms with Crippen molar-refractivity contribution < 1.29 is 9.53 Å². The number of carbonyl (C=O) groups is 1. The zero-order valence-corrected chi connectivity index (χ0v) is 8.31. The highest BCUT2D eigenvalue weighted by atomic mass is 16.6. The minimum absolute atomic E-state index is 0.307. The smallest absolute Gasteiger partial charge is 0.339 e. The van der Waals surface area contributed by atoms with Gasteiger partial charge < -0.3 is 4.74 Å². The van der Waals surface area contributed by atoms with E-state index in [1.165, 1.54) is 0 Å². The van der Waals surface area contributed by atoms with Crippen molar-refractivity contribution in [2.75, 3.05) is 0 Å². The van der Waals surface area contributed by atoms with E-state index in [-0.39, 0.29) is 5.97 Å². The lowest BCUT2D eigenvalue weighted by Crippen LogP contribution is -2.19. The molecule has 0 amide bonds. The summed E-state index contributed by atoms with van der Waals surface area (Å²) in [5, 5.41) is 0. The summed E-state index contributed by atoms with van der Waals surface area (Å²) >= 11 is 0.